The monoisotopic (exact) mass is 340 g/mol. The van der Waals surface area contributed by atoms with Crippen LogP contribution in [0.1, 0.15) is 30.1 Å². The van der Waals surface area contributed by atoms with E-state index in [-0.39, 0.29) is 17.9 Å². The van der Waals surface area contributed by atoms with Crippen LogP contribution >= 0.6 is 15.9 Å². The molecule has 2 unspecified atom stereocenters. The molecule has 1 saturated heterocycles. The number of anilines is 1. The first-order valence-electron chi connectivity index (χ1n) is 6.49. The molecule has 5 nitrogen and oxygen atoms in total. The van der Waals surface area contributed by atoms with Crippen molar-refractivity contribution >= 4 is 33.5 Å². The van der Waals surface area contributed by atoms with Gasteiger partial charge in [0.05, 0.1) is 11.5 Å². The van der Waals surface area contributed by atoms with Gasteiger partial charge in [0.1, 0.15) is 0 Å². The highest BCUT2D eigenvalue weighted by Crippen LogP contribution is 2.27. The number of aliphatic carboxylic acids is 1. The molecular formula is C14H17BrN2O3. The van der Waals surface area contributed by atoms with Gasteiger partial charge in [-0.15, -0.1) is 0 Å². The summed E-state index contributed by atoms with van der Waals surface area (Å²) in [6.45, 7) is 2.34. The minimum atomic E-state index is -0.783. The van der Waals surface area contributed by atoms with Crippen LogP contribution in [-0.4, -0.2) is 34.5 Å². The van der Waals surface area contributed by atoms with Crippen molar-refractivity contribution in [2.24, 2.45) is 5.92 Å². The number of hydrogen-bond acceptors (Lipinski definition) is 3. The number of halogens is 1. The summed E-state index contributed by atoms with van der Waals surface area (Å²) in [6.07, 6.45) is 0.979. The predicted octanol–water partition coefficient (Wildman–Crippen LogP) is 2.36. The van der Waals surface area contributed by atoms with E-state index >= 15 is 0 Å². The molecular weight excluding hydrogens is 324 g/mol. The van der Waals surface area contributed by atoms with Crippen LogP contribution in [0, 0.1) is 5.92 Å². The first kappa shape index (κ1) is 14.8. The van der Waals surface area contributed by atoms with Crippen LogP contribution in [0.3, 0.4) is 0 Å². The Morgan fingerprint density at radius 3 is 2.75 bits per heavy atom. The van der Waals surface area contributed by atoms with Gasteiger partial charge in [0.2, 0.25) is 0 Å². The zero-order valence-electron chi connectivity index (χ0n) is 11.2. The summed E-state index contributed by atoms with van der Waals surface area (Å²) in [6, 6.07) is 5.02. The molecule has 1 fully saturated rings. The Balaban J connectivity index is 2.18. The molecule has 1 aromatic carbocycles. The van der Waals surface area contributed by atoms with E-state index < -0.39 is 5.97 Å². The Kier molecular flexibility index (Phi) is 4.32. The Bertz CT molecular complexity index is 547. The fourth-order valence-electron chi connectivity index (χ4n) is 2.56. The van der Waals surface area contributed by atoms with Crippen LogP contribution in [-0.2, 0) is 4.79 Å². The highest BCUT2D eigenvalue weighted by Gasteiger charge is 2.33. The van der Waals surface area contributed by atoms with Gasteiger partial charge in [0.25, 0.3) is 5.91 Å². The van der Waals surface area contributed by atoms with Crippen LogP contribution in [0.2, 0.25) is 0 Å². The number of hydrogen-bond donors (Lipinski definition) is 2. The Labute approximate surface area is 125 Å². The quantitative estimate of drug-likeness (QED) is 0.809. The van der Waals surface area contributed by atoms with Crippen LogP contribution in [0.25, 0.3) is 0 Å². The van der Waals surface area contributed by atoms with E-state index in [1.807, 2.05) is 6.92 Å². The molecule has 2 atom stereocenters. The second kappa shape index (κ2) is 5.83. The van der Waals surface area contributed by atoms with Gasteiger partial charge in [-0.2, -0.15) is 0 Å². The second-order valence-electron chi connectivity index (χ2n) is 5.15. The minimum Gasteiger partial charge on any atom is -0.481 e. The van der Waals surface area contributed by atoms with E-state index in [2.05, 4.69) is 15.9 Å². The zero-order chi connectivity index (χ0) is 14.9. The first-order valence-corrected chi connectivity index (χ1v) is 7.28. The molecule has 0 bridgehead atoms. The lowest BCUT2D eigenvalue weighted by atomic mass is 9.91. The van der Waals surface area contributed by atoms with E-state index in [9.17, 15) is 9.59 Å². The number of carboxylic acids is 1. The van der Waals surface area contributed by atoms with E-state index in [0.29, 0.717) is 35.1 Å². The maximum absolute atomic E-state index is 12.6. The number of carboxylic acid groups (broad SMARTS) is 1. The van der Waals surface area contributed by atoms with Gasteiger partial charge < -0.3 is 15.7 Å². The molecule has 0 saturated carbocycles. The van der Waals surface area contributed by atoms with Gasteiger partial charge in [-0.05, 0) is 53.9 Å². The number of amides is 1. The van der Waals surface area contributed by atoms with Crippen molar-refractivity contribution in [1.29, 1.82) is 0 Å². The number of piperidine rings is 1. The van der Waals surface area contributed by atoms with E-state index in [0.717, 1.165) is 0 Å². The molecule has 20 heavy (non-hydrogen) atoms. The average molecular weight is 341 g/mol. The van der Waals surface area contributed by atoms with E-state index in [1.165, 1.54) is 0 Å². The van der Waals surface area contributed by atoms with Crippen molar-refractivity contribution in [3.63, 3.8) is 0 Å². The van der Waals surface area contributed by atoms with E-state index in [1.54, 1.807) is 23.1 Å². The lowest BCUT2D eigenvalue weighted by Crippen LogP contribution is -2.46. The van der Waals surface area contributed by atoms with E-state index in [4.69, 9.17) is 10.8 Å². The SMILES string of the molecule is CC1CC(C(=O)O)CCN1C(=O)c1cc(N)ccc1Br. The van der Waals surface area contributed by atoms with Crippen LogP contribution < -0.4 is 5.73 Å². The normalized spacial score (nSPS) is 22.6. The number of likely N-dealkylation sites (tertiary alicyclic amines) is 1. The Hall–Kier alpha value is -1.56. The summed E-state index contributed by atoms with van der Waals surface area (Å²) < 4.78 is 0.698. The molecule has 2 rings (SSSR count). The zero-order valence-corrected chi connectivity index (χ0v) is 12.8. The third kappa shape index (κ3) is 2.95. The van der Waals surface area contributed by atoms with Gasteiger partial charge >= 0.3 is 5.97 Å². The molecule has 0 radical (unpaired) electrons. The molecule has 1 amide bonds. The molecule has 0 aliphatic carbocycles. The standard InChI is InChI=1S/C14H17BrN2O3/c1-8-6-9(14(19)20)4-5-17(8)13(18)11-7-10(16)2-3-12(11)15/h2-3,7-9H,4-6,16H2,1H3,(H,19,20). The van der Waals surface area contributed by atoms with Crippen molar-refractivity contribution in [2.75, 3.05) is 12.3 Å². The van der Waals surface area contributed by atoms with Gasteiger partial charge in [0, 0.05) is 22.7 Å². The maximum atomic E-state index is 12.6. The maximum Gasteiger partial charge on any atom is 0.306 e. The average Bonchev–Trinajstić information content (AvgIpc) is 2.40. The van der Waals surface area contributed by atoms with Gasteiger partial charge in [-0.1, -0.05) is 0 Å². The number of rotatable bonds is 2. The third-order valence-corrected chi connectivity index (χ3v) is 4.40. The summed E-state index contributed by atoms with van der Waals surface area (Å²) in [4.78, 5) is 25.3. The molecule has 1 aliphatic heterocycles. The third-order valence-electron chi connectivity index (χ3n) is 3.71. The summed E-state index contributed by atoms with van der Waals surface area (Å²) in [5.74, 6) is -1.26. The molecule has 1 heterocycles. The summed E-state index contributed by atoms with van der Waals surface area (Å²) in [5, 5.41) is 9.05. The lowest BCUT2D eigenvalue weighted by molar-refractivity contribution is -0.143. The molecule has 6 heteroatoms. The number of nitrogen functional groups attached to an aromatic ring is 1. The number of carbonyl (C=O) groups is 2. The van der Waals surface area contributed by atoms with Crippen molar-refractivity contribution in [3.8, 4) is 0 Å². The highest BCUT2D eigenvalue weighted by atomic mass is 79.9. The van der Waals surface area contributed by atoms with Crippen molar-refractivity contribution in [2.45, 2.75) is 25.8 Å². The second-order valence-corrected chi connectivity index (χ2v) is 6.00. The fourth-order valence-corrected chi connectivity index (χ4v) is 2.98. The summed E-state index contributed by atoms with van der Waals surface area (Å²) >= 11 is 3.36. The molecule has 0 aromatic heterocycles. The number of carbonyl (C=O) groups excluding carboxylic acids is 1. The van der Waals surface area contributed by atoms with Crippen LogP contribution in [0.4, 0.5) is 5.69 Å². The molecule has 0 spiro atoms. The Morgan fingerprint density at radius 2 is 2.15 bits per heavy atom. The van der Waals surface area contributed by atoms with Gasteiger partial charge in [-0.25, -0.2) is 0 Å². The van der Waals surface area contributed by atoms with Crippen molar-refractivity contribution in [3.05, 3.63) is 28.2 Å². The number of nitrogens with zero attached hydrogens (tertiary/aromatic N) is 1. The smallest absolute Gasteiger partial charge is 0.306 e. The van der Waals surface area contributed by atoms with Crippen LogP contribution in [0.5, 0.6) is 0 Å². The highest BCUT2D eigenvalue weighted by molar-refractivity contribution is 9.10. The summed E-state index contributed by atoms with van der Waals surface area (Å²) in [7, 11) is 0. The largest absolute Gasteiger partial charge is 0.481 e. The number of nitrogens with two attached hydrogens (primary N) is 1. The van der Waals surface area contributed by atoms with Crippen molar-refractivity contribution in [1.82, 2.24) is 4.90 Å². The van der Waals surface area contributed by atoms with Gasteiger partial charge in [0.15, 0.2) is 0 Å². The van der Waals surface area contributed by atoms with Crippen LogP contribution in [0.15, 0.2) is 22.7 Å². The van der Waals surface area contributed by atoms with Crippen molar-refractivity contribution < 1.29 is 14.7 Å². The molecule has 108 valence electrons. The fraction of sp³-hybridized carbons (Fsp3) is 0.429. The van der Waals surface area contributed by atoms with Gasteiger partial charge in [-0.3, -0.25) is 9.59 Å². The lowest BCUT2D eigenvalue weighted by Gasteiger charge is -2.36. The molecule has 3 N–H and O–H groups in total. The molecule has 1 aliphatic rings. The minimum absolute atomic E-state index is 0.0920. The first-order chi connectivity index (χ1) is 9.40. The topological polar surface area (TPSA) is 83.6 Å². The predicted molar refractivity (Wildman–Crippen MR) is 79.4 cm³/mol. The molecule has 1 aromatic rings. The number of benzene rings is 1. The summed E-state index contributed by atoms with van der Waals surface area (Å²) in [5.41, 5.74) is 6.77. The Morgan fingerprint density at radius 1 is 1.45 bits per heavy atom.